The van der Waals surface area contributed by atoms with Crippen molar-refractivity contribution < 1.29 is 43.2 Å². The highest BCUT2D eigenvalue weighted by Crippen LogP contribution is 2.29. The Kier molecular flexibility index (Phi) is 12.2. The summed E-state index contributed by atoms with van der Waals surface area (Å²) in [6.45, 7) is 4.47. The van der Waals surface area contributed by atoms with Gasteiger partial charge < -0.3 is 20.4 Å². The van der Waals surface area contributed by atoms with Gasteiger partial charge in [-0.2, -0.15) is 13.2 Å². The van der Waals surface area contributed by atoms with Crippen molar-refractivity contribution in [2.24, 2.45) is 0 Å². The van der Waals surface area contributed by atoms with Crippen LogP contribution in [0.3, 0.4) is 0 Å². The fourth-order valence-corrected chi connectivity index (χ4v) is 0.837. The second-order valence-corrected chi connectivity index (χ2v) is 2.90. The van der Waals surface area contributed by atoms with Crippen LogP contribution >= 0.6 is 0 Å². The summed E-state index contributed by atoms with van der Waals surface area (Å²) < 4.78 is 35.7. The molecule has 0 fully saturated rings. The molecule has 0 bridgehead atoms. The molecule has 9 heteroatoms. The molecule has 0 unspecified atom stereocenters. The Morgan fingerprint density at radius 2 is 1.17 bits per heavy atom. The number of alkyl halides is 3. The van der Waals surface area contributed by atoms with Crippen LogP contribution < -0.4 is 0 Å². The first-order valence-corrected chi connectivity index (χ1v) is 4.43. The minimum Gasteiger partial charge on any atom is -0.450 e. The Morgan fingerprint density at radius 1 is 0.944 bits per heavy atom. The molecule has 0 amide bonds. The lowest BCUT2D eigenvalue weighted by Gasteiger charge is -2.10. The van der Waals surface area contributed by atoms with Crippen LogP contribution in [0.5, 0.6) is 0 Å². The molecule has 4 N–H and O–H groups in total. The van der Waals surface area contributed by atoms with Gasteiger partial charge >= 0.3 is 18.5 Å². The third-order valence-electron chi connectivity index (χ3n) is 1.30. The Hall–Kier alpha value is -1.93. The van der Waals surface area contributed by atoms with E-state index in [1.165, 1.54) is 20.8 Å². The van der Waals surface area contributed by atoms with E-state index in [1.807, 2.05) is 0 Å². The number of carboxylic acid groups (broad SMARTS) is 4. The monoisotopic (exact) mass is 276 g/mol. The van der Waals surface area contributed by atoms with Crippen molar-refractivity contribution in [2.45, 2.75) is 33.4 Å². The van der Waals surface area contributed by atoms with Gasteiger partial charge in [0.1, 0.15) is 0 Å². The van der Waals surface area contributed by atoms with Crippen molar-refractivity contribution in [3.8, 4) is 0 Å². The minimum atomic E-state index is -4.13. The summed E-state index contributed by atoms with van der Waals surface area (Å²) in [7, 11) is 0. The zero-order valence-corrected chi connectivity index (χ0v) is 9.95. The molecule has 0 aliphatic heterocycles. The highest BCUT2D eigenvalue weighted by atomic mass is 19.4. The maximum absolute atomic E-state index is 11.9. The third-order valence-corrected chi connectivity index (χ3v) is 1.30. The summed E-state index contributed by atoms with van der Waals surface area (Å²) in [5.74, 6) is 0. The molecule has 0 aliphatic carbocycles. The lowest BCUT2D eigenvalue weighted by molar-refractivity contribution is -0.0943. The first kappa shape index (κ1) is 21.4. The van der Waals surface area contributed by atoms with Gasteiger partial charge in [-0.05, 0) is 20.3 Å². The van der Waals surface area contributed by atoms with Crippen LogP contribution in [0.4, 0.5) is 22.8 Å². The van der Waals surface area contributed by atoms with Crippen LogP contribution in [0.25, 0.3) is 0 Å². The van der Waals surface area contributed by atoms with Crippen molar-refractivity contribution in [1.82, 2.24) is 0 Å². The lowest BCUT2D eigenvalue weighted by atomic mass is 10.1. The van der Waals surface area contributed by atoms with Gasteiger partial charge in [0, 0.05) is 5.57 Å². The molecule has 0 aromatic heterocycles. The third kappa shape index (κ3) is 23.7. The molecule has 0 heterocycles. The SMILES string of the molecule is CCC(=C(C)C)C(F)(F)F.O=C(O)O.O=C(O)O. The number of hydrogen-bond donors (Lipinski definition) is 4. The van der Waals surface area contributed by atoms with Gasteiger partial charge in [-0.1, -0.05) is 12.5 Å². The first-order chi connectivity index (χ1) is 7.86. The lowest BCUT2D eigenvalue weighted by Crippen LogP contribution is -2.12. The summed E-state index contributed by atoms with van der Waals surface area (Å²) in [4.78, 5) is 17.1. The second-order valence-electron chi connectivity index (χ2n) is 2.90. The second kappa shape index (κ2) is 10.2. The van der Waals surface area contributed by atoms with Gasteiger partial charge in [0.15, 0.2) is 0 Å². The van der Waals surface area contributed by atoms with E-state index in [0.717, 1.165) is 0 Å². The largest absolute Gasteiger partial charge is 0.503 e. The quantitative estimate of drug-likeness (QED) is 0.542. The normalized spacial score (nSPS) is 9.00. The van der Waals surface area contributed by atoms with Gasteiger partial charge in [-0.25, -0.2) is 9.59 Å². The standard InChI is InChI=1S/C7H11F3.2CH2O3/c1-4-6(5(2)3)7(8,9)10;2*2-1(3)4/h4H2,1-3H3;2*(H2,2,3,4). The zero-order chi connectivity index (χ0) is 15.5. The Morgan fingerprint density at radius 3 is 1.17 bits per heavy atom. The van der Waals surface area contributed by atoms with Gasteiger partial charge in [-0.3, -0.25) is 0 Å². The van der Waals surface area contributed by atoms with Crippen LogP contribution in [-0.2, 0) is 0 Å². The van der Waals surface area contributed by atoms with E-state index in [4.69, 9.17) is 30.0 Å². The number of rotatable bonds is 1. The van der Waals surface area contributed by atoms with Crippen LogP contribution in [0, 0.1) is 0 Å². The summed E-state index contributed by atoms with van der Waals surface area (Å²) in [5.41, 5.74) is -0.0532. The van der Waals surface area contributed by atoms with E-state index < -0.39 is 24.1 Å². The Bertz CT molecular complexity index is 271. The van der Waals surface area contributed by atoms with Gasteiger partial charge in [0.25, 0.3) is 0 Å². The van der Waals surface area contributed by atoms with E-state index >= 15 is 0 Å². The maximum atomic E-state index is 11.9. The van der Waals surface area contributed by atoms with Gasteiger partial charge in [0.05, 0.1) is 0 Å². The molecule has 6 nitrogen and oxygen atoms in total. The molecule has 108 valence electrons. The molecule has 0 saturated heterocycles. The fraction of sp³-hybridized carbons (Fsp3) is 0.556. The Balaban J connectivity index is -0.000000233. The van der Waals surface area contributed by atoms with E-state index in [-0.39, 0.29) is 6.42 Å². The molecule has 0 spiro atoms. The topological polar surface area (TPSA) is 115 Å². The van der Waals surface area contributed by atoms with E-state index in [9.17, 15) is 13.2 Å². The van der Waals surface area contributed by atoms with Crippen LogP contribution in [0.15, 0.2) is 11.1 Å². The molecule has 0 atom stereocenters. The molecule has 0 saturated carbocycles. The molecule has 0 rings (SSSR count). The van der Waals surface area contributed by atoms with E-state index in [1.54, 1.807) is 0 Å². The van der Waals surface area contributed by atoms with Gasteiger partial charge in [0.2, 0.25) is 0 Å². The predicted molar refractivity (Wildman–Crippen MR) is 56.0 cm³/mol. The summed E-state index contributed by atoms with van der Waals surface area (Å²) in [5, 5.41) is 27.9. The van der Waals surface area contributed by atoms with Gasteiger partial charge in [-0.15, -0.1) is 0 Å². The van der Waals surface area contributed by atoms with Crippen molar-refractivity contribution in [1.29, 1.82) is 0 Å². The number of allylic oxidation sites excluding steroid dienone is 2. The maximum Gasteiger partial charge on any atom is 0.503 e. The molecule has 18 heavy (non-hydrogen) atoms. The fourth-order valence-electron chi connectivity index (χ4n) is 0.837. The first-order valence-electron chi connectivity index (χ1n) is 4.43. The van der Waals surface area contributed by atoms with Crippen LogP contribution in [0.2, 0.25) is 0 Å². The number of hydrogen-bond acceptors (Lipinski definition) is 2. The highest BCUT2D eigenvalue weighted by molar-refractivity contribution is 5.53. The molecule has 0 radical (unpaired) electrons. The smallest absolute Gasteiger partial charge is 0.450 e. The number of carbonyl (C=O) groups is 2. The summed E-state index contributed by atoms with van der Waals surface area (Å²) in [6, 6.07) is 0. The minimum absolute atomic E-state index is 0.0613. The Labute approximate surface area is 101 Å². The van der Waals surface area contributed by atoms with Crippen LogP contribution in [0.1, 0.15) is 27.2 Å². The van der Waals surface area contributed by atoms with E-state index in [2.05, 4.69) is 0 Å². The summed E-state index contributed by atoms with van der Waals surface area (Å²) >= 11 is 0. The van der Waals surface area contributed by atoms with Crippen molar-refractivity contribution >= 4 is 12.3 Å². The van der Waals surface area contributed by atoms with Crippen molar-refractivity contribution in [3.63, 3.8) is 0 Å². The molecule has 0 aliphatic rings. The van der Waals surface area contributed by atoms with Crippen molar-refractivity contribution in [3.05, 3.63) is 11.1 Å². The van der Waals surface area contributed by atoms with E-state index in [0.29, 0.717) is 5.57 Å². The predicted octanol–water partition coefficient (Wildman–Crippen LogP) is 3.74. The summed E-state index contributed by atoms with van der Waals surface area (Å²) in [6.07, 6.45) is -7.74. The average molecular weight is 276 g/mol. The van der Waals surface area contributed by atoms with Crippen molar-refractivity contribution in [2.75, 3.05) is 0 Å². The molecule has 0 aromatic rings. The molecular formula is C9H15F3O6. The van der Waals surface area contributed by atoms with Crippen LogP contribution in [-0.4, -0.2) is 38.9 Å². The molecular weight excluding hydrogens is 261 g/mol. The number of halogens is 3. The highest BCUT2D eigenvalue weighted by Gasteiger charge is 2.32. The average Bonchev–Trinajstić information content (AvgIpc) is 1.97. The zero-order valence-electron chi connectivity index (χ0n) is 9.95. The molecule has 0 aromatic carbocycles.